The molecule has 2 heteroatoms. The van der Waals surface area contributed by atoms with Gasteiger partial charge >= 0.3 is 0 Å². The van der Waals surface area contributed by atoms with Crippen molar-refractivity contribution in [1.82, 2.24) is 0 Å². The SMILES string of the molecule is COC1=CCCc2sccc21. The predicted octanol–water partition coefficient (Wildman–Crippen LogP) is 2.68. The smallest absolute Gasteiger partial charge is 0.123 e. The first-order valence-corrected chi connectivity index (χ1v) is 4.60. The van der Waals surface area contributed by atoms with E-state index in [4.69, 9.17) is 4.74 Å². The summed E-state index contributed by atoms with van der Waals surface area (Å²) in [5.74, 6) is 1.05. The summed E-state index contributed by atoms with van der Waals surface area (Å²) in [6, 6.07) is 2.13. The fourth-order valence-corrected chi connectivity index (χ4v) is 2.29. The fraction of sp³-hybridized carbons (Fsp3) is 0.333. The molecular weight excluding hydrogens is 156 g/mol. The third-order valence-corrected chi connectivity index (χ3v) is 2.91. The molecule has 0 spiro atoms. The van der Waals surface area contributed by atoms with Crippen molar-refractivity contribution >= 4 is 17.1 Å². The Hall–Kier alpha value is -0.760. The maximum atomic E-state index is 5.24. The molecule has 1 nitrogen and oxygen atoms in total. The van der Waals surface area contributed by atoms with Crippen molar-refractivity contribution in [1.29, 1.82) is 0 Å². The second-order valence-electron chi connectivity index (χ2n) is 2.57. The van der Waals surface area contributed by atoms with Crippen molar-refractivity contribution in [2.24, 2.45) is 0 Å². The summed E-state index contributed by atoms with van der Waals surface area (Å²) in [5, 5.41) is 2.13. The van der Waals surface area contributed by atoms with Gasteiger partial charge < -0.3 is 4.74 Å². The summed E-state index contributed by atoms with van der Waals surface area (Å²) in [6.07, 6.45) is 4.46. The lowest BCUT2D eigenvalue weighted by Crippen LogP contribution is -1.96. The molecule has 0 aromatic carbocycles. The van der Waals surface area contributed by atoms with Gasteiger partial charge in [0.1, 0.15) is 5.76 Å². The topological polar surface area (TPSA) is 9.23 Å². The minimum Gasteiger partial charge on any atom is -0.496 e. The Kier molecular flexibility index (Phi) is 1.70. The van der Waals surface area contributed by atoms with Crippen molar-refractivity contribution in [3.63, 3.8) is 0 Å². The number of ether oxygens (including phenoxy) is 1. The van der Waals surface area contributed by atoms with Gasteiger partial charge in [-0.2, -0.15) is 0 Å². The Morgan fingerprint density at radius 1 is 1.55 bits per heavy atom. The van der Waals surface area contributed by atoms with E-state index in [1.807, 2.05) is 11.3 Å². The van der Waals surface area contributed by atoms with E-state index in [-0.39, 0.29) is 0 Å². The number of hydrogen-bond donors (Lipinski definition) is 0. The Labute approximate surface area is 70.3 Å². The maximum Gasteiger partial charge on any atom is 0.123 e. The third-order valence-electron chi connectivity index (χ3n) is 1.93. The number of fused-ring (bicyclic) bond motifs is 1. The highest BCUT2D eigenvalue weighted by atomic mass is 32.1. The number of methoxy groups -OCH3 is 1. The Balaban J connectivity index is 2.45. The number of allylic oxidation sites excluding steroid dienone is 1. The van der Waals surface area contributed by atoms with Crippen molar-refractivity contribution in [2.75, 3.05) is 7.11 Å². The summed E-state index contributed by atoms with van der Waals surface area (Å²) >= 11 is 1.82. The molecule has 0 aliphatic heterocycles. The third kappa shape index (κ3) is 1.07. The summed E-state index contributed by atoms with van der Waals surface area (Å²) in [4.78, 5) is 1.46. The van der Waals surface area contributed by atoms with Gasteiger partial charge in [0.05, 0.1) is 7.11 Å². The molecule has 0 bridgehead atoms. The molecule has 0 unspecified atom stereocenters. The predicted molar refractivity (Wildman–Crippen MR) is 47.6 cm³/mol. The van der Waals surface area contributed by atoms with Crippen LogP contribution in [0.4, 0.5) is 0 Å². The lowest BCUT2D eigenvalue weighted by atomic mass is 10.1. The molecule has 1 heterocycles. The standard InChI is InChI=1S/C9H10OS/c1-10-8-3-2-4-9-7(8)5-6-11-9/h3,5-6H,2,4H2,1H3. The van der Waals surface area contributed by atoms with Gasteiger partial charge in [0.2, 0.25) is 0 Å². The molecule has 58 valence electrons. The lowest BCUT2D eigenvalue weighted by Gasteiger charge is -2.11. The molecule has 0 radical (unpaired) electrons. The molecule has 0 atom stereocenters. The number of rotatable bonds is 1. The second kappa shape index (κ2) is 2.70. The van der Waals surface area contributed by atoms with Gasteiger partial charge in [0.15, 0.2) is 0 Å². The van der Waals surface area contributed by atoms with Gasteiger partial charge in [0, 0.05) is 10.4 Å². The van der Waals surface area contributed by atoms with Crippen LogP contribution in [0.15, 0.2) is 17.5 Å². The largest absolute Gasteiger partial charge is 0.496 e. The van der Waals surface area contributed by atoms with E-state index >= 15 is 0 Å². The summed E-state index contributed by atoms with van der Waals surface area (Å²) in [6.45, 7) is 0. The van der Waals surface area contributed by atoms with Crippen LogP contribution in [-0.4, -0.2) is 7.11 Å². The molecule has 11 heavy (non-hydrogen) atoms. The molecule has 0 N–H and O–H groups in total. The number of aryl methyl sites for hydroxylation is 1. The minimum atomic E-state index is 1.05. The van der Waals surface area contributed by atoms with Crippen LogP contribution < -0.4 is 0 Å². The normalized spacial score (nSPS) is 15.5. The molecule has 2 rings (SSSR count). The van der Waals surface area contributed by atoms with E-state index in [0.717, 1.165) is 12.2 Å². The van der Waals surface area contributed by atoms with E-state index < -0.39 is 0 Å². The fourth-order valence-electron chi connectivity index (χ4n) is 1.39. The van der Waals surface area contributed by atoms with E-state index in [0.29, 0.717) is 0 Å². The van der Waals surface area contributed by atoms with Crippen LogP contribution in [0.3, 0.4) is 0 Å². The molecule has 0 saturated heterocycles. The average molecular weight is 166 g/mol. The van der Waals surface area contributed by atoms with E-state index in [2.05, 4.69) is 17.5 Å². The highest BCUT2D eigenvalue weighted by Gasteiger charge is 2.12. The maximum absolute atomic E-state index is 5.24. The highest BCUT2D eigenvalue weighted by molar-refractivity contribution is 7.10. The van der Waals surface area contributed by atoms with Gasteiger partial charge in [-0.25, -0.2) is 0 Å². The van der Waals surface area contributed by atoms with Crippen molar-refractivity contribution < 1.29 is 4.74 Å². The van der Waals surface area contributed by atoms with Crippen LogP contribution in [0, 0.1) is 0 Å². The van der Waals surface area contributed by atoms with E-state index in [1.165, 1.54) is 16.9 Å². The quantitative estimate of drug-likeness (QED) is 0.623. The summed E-state index contributed by atoms with van der Waals surface area (Å²) < 4.78 is 5.24. The molecule has 1 aliphatic rings. The van der Waals surface area contributed by atoms with E-state index in [1.54, 1.807) is 7.11 Å². The first kappa shape index (κ1) is 6.92. The van der Waals surface area contributed by atoms with Gasteiger partial charge in [-0.3, -0.25) is 0 Å². The Bertz CT molecular complexity index is 286. The molecule has 0 saturated carbocycles. The monoisotopic (exact) mass is 166 g/mol. The molecule has 0 amide bonds. The number of hydrogen-bond acceptors (Lipinski definition) is 2. The highest BCUT2D eigenvalue weighted by Crippen LogP contribution is 2.30. The van der Waals surface area contributed by atoms with Gasteiger partial charge in [0.25, 0.3) is 0 Å². The van der Waals surface area contributed by atoms with Crippen molar-refractivity contribution in [3.8, 4) is 0 Å². The zero-order valence-electron chi connectivity index (χ0n) is 6.46. The lowest BCUT2D eigenvalue weighted by molar-refractivity contribution is 0.367. The van der Waals surface area contributed by atoms with Crippen LogP contribution >= 0.6 is 11.3 Å². The van der Waals surface area contributed by atoms with Crippen LogP contribution in [0.1, 0.15) is 16.9 Å². The van der Waals surface area contributed by atoms with Gasteiger partial charge in [-0.05, 0) is 30.4 Å². The molecular formula is C9H10OS. The van der Waals surface area contributed by atoms with Gasteiger partial charge in [-0.1, -0.05) is 0 Å². The zero-order chi connectivity index (χ0) is 7.68. The van der Waals surface area contributed by atoms with Crippen LogP contribution in [-0.2, 0) is 11.2 Å². The van der Waals surface area contributed by atoms with Crippen LogP contribution in [0.5, 0.6) is 0 Å². The van der Waals surface area contributed by atoms with Crippen LogP contribution in [0.25, 0.3) is 5.76 Å². The summed E-state index contributed by atoms with van der Waals surface area (Å²) in [7, 11) is 1.73. The second-order valence-corrected chi connectivity index (χ2v) is 3.57. The van der Waals surface area contributed by atoms with Crippen LogP contribution in [0.2, 0.25) is 0 Å². The Morgan fingerprint density at radius 3 is 3.27 bits per heavy atom. The minimum absolute atomic E-state index is 1.05. The summed E-state index contributed by atoms with van der Waals surface area (Å²) in [5.41, 5.74) is 1.30. The van der Waals surface area contributed by atoms with Crippen molar-refractivity contribution in [3.05, 3.63) is 28.0 Å². The van der Waals surface area contributed by atoms with Gasteiger partial charge in [-0.15, -0.1) is 11.3 Å². The van der Waals surface area contributed by atoms with Crippen molar-refractivity contribution in [2.45, 2.75) is 12.8 Å². The first-order chi connectivity index (χ1) is 5.42. The molecule has 0 fully saturated rings. The number of thiophene rings is 1. The first-order valence-electron chi connectivity index (χ1n) is 3.72. The van der Waals surface area contributed by atoms with E-state index in [9.17, 15) is 0 Å². The molecule has 1 aromatic rings. The molecule has 1 aromatic heterocycles. The Morgan fingerprint density at radius 2 is 2.45 bits per heavy atom. The average Bonchev–Trinajstić information content (AvgIpc) is 2.50. The zero-order valence-corrected chi connectivity index (χ0v) is 7.28. The molecule has 1 aliphatic carbocycles.